The fraction of sp³-hybridized carbons (Fsp3) is 0.273. The molecule has 29 heavy (non-hydrogen) atoms. The van der Waals surface area contributed by atoms with Gasteiger partial charge in [0, 0.05) is 29.6 Å². The zero-order chi connectivity index (χ0) is 21.0. The average Bonchev–Trinajstić information content (AvgIpc) is 2.77. The molecule has 0 aliphatic rings. The highest BCUT2D eigenvalue weighted by Gasteiger charge is 2.16. The molecule has 3 rings (SSSR count). The third-order valence-electron chi connectivity index (χ3n) is 4.77. The number of nitrogens with zero attached hydrogens (tertiary/aromatic N) is 1. The number of carbonyl (C=O) groups is 1. The lowest BCUT2D eigenvalue weighted by Gasteiger charge is -2.16. The van der Waals surface area contributed by atoms with Crippen molar-refractivity contribution < 1.29 is 23.7 Å². The molecule has 1 heterocycles. The highest BCUT2D eigenvalue weighted by atomic mass is 16.5. The summed E-state index contributed by atoms with van der Waals surface area (Å²) in [7, 11) is 6.01. The minimum Gasteiger partial charge on any atom is -0.497 e. The second-order valence-corrected chi connectivity index (χ2v) is 6.33. The van der Waals surface area contributed by atoms with Crippen LogP contribution in [0.4, 0.5) is 0 Å². The molecular weight excluding hydrogens is 374 g/mol. The summed E-state index contributed by atoms with van der Waals surface area (Å²) in [4.78, 5) is 25.0. The third kappa shape index (κ3) is 4.03. The zero-order valence-electron chi connectivity index (χ0n) is 16.9. The van der Waals surface area contributed by atoms with Crippen LogP contribution in [0.1, 0.15) is 6.42 Å². The molecule has 2 aromatic carbocycles. The topological polar surface area (TPSA) is 76.0 Å². The minimum atomic E-state index is -0.394. The maximum absolute atomic E-state index is 13.3. The summed E-state index contributed by atoms with van der Waals surface area (Å²) in [5.74, 6) is 1.43. The minimum absolute atomic E-state index is 0.0666. The number of hydrogen-bond donors (Lipinski definition) is 0. The molecule has 0 saturated heterocycles. The molecule has 0 amide bonds. The van der Waals surface area contributed by atoms with Crippen molar-refractivity contribution in [2.24, 2.45) is 0 Å². The number of ether oxygens (including phenoxy) is 4. The summed E-state index contributed by atoms with van der Waals surface area (Å²) < 4.78 is 22.4. The molecule has 7 heteroatoms. The van der Waals surface area contributed by atoms with E-state index in [1.165, 1.54) is 7.11 Å². The Hall–Kier alpha value is -3.48. The van der Waals surface area contributed by atoms with E-state index in [2.05, 4.69) is 0 Å². The number of fused-ring (bicyclic) bond motifs is 1. The van der Waals surface area contributed by atoms with Crippen LogP contribution in [0.15, 0.2) is 47.3 Å². The number of aryl methyl sites for hydroxylation is 1. The number of pyridine rings is 1. The average molecular weight is 397 g/mol. The number of rotatable bonds is 7. The highest BCUT2D eigenvalue weighted by Crippen LogP contribution is 2.33. The molecule has 0 radical (unpaired) electrons. The van der Waals surface area contributed by atoms with Crippen molar-refractivity contribution in [2.45, 2.75) is 13.0 Å². The van der Waals surface area contributed by atoms with Crippen molar-refractivity contribution in [1.29, 1.82) is 0 Å². The van der Waals surface area contributed by atoms with Gasteiger partial charge >= 0.3 is 5.97 Å². The van der Waals surface area contributed by atoms with Crippen LogP contribution in [0.25, 0.3) is 22.0 Å². The van der Waals surface area contributed by atoms with Gasteiger partial charge in [0.15, 0.2) is 0 Å². The fourth-order valence-corrected chi connectivity index (χ4v) is 3.21. The smallest absolute Gasteiger partial charge is 0.307 e. The van der Waals surface area contributed by atoms with Crippen LogP contribution in [0, 0.1) is 0 Å². The van der Waals surface area contributed by atoms with Gasteiger partial charge in [-0.3, -0.25) is 9.59 Å². The van der Waals surface area contributed by atoms with Gasteiger partial charge < -0.3 is 23.5 Å². The highest BCUT2D eigenvalue weighted by molar-refractivity contribution is 5.91. The standard InChI is InChI=1S/C22H23NO6/c1-26-15-7-5-14(6-8-15)17-13-18-19(11-16(27-2)12-20(18)28-3)23(22(17)25)10-9-21(24)29-4/h5-8,11-13H,9-10H2,1-4H3. The second kappa shape index (κ2) is 8.68. The maximum atomic E-state index is 13.3. The molecule has 0 N–H and O–H groups in total. The van der Waals surface area contributed by atoms with E-state index in [4.69, 9.17) is 18.9 Å². The van der Waals surface area contributed by atoms with E-state index in [0.717, 1.165) is 10.9 Å². The van der Waals surface area contributed by atoms with Gasteiger partial charge in [-0.2, -0.15) is 0 Å². The molecule has 3 aromatic rings. The molecule has 0 aliphatic heterocycles. The molecule has 0 spiro atoms. The number of hydrogen-bond acceptors (Lipinski definition) is 6. The summed E-state index contributed by atoms with van der Waals surface area (Å²) in [6.07, 6.45) is 0.0666. The summed E-state index contributed by atoms with van der Waals surface area (Å²) in [6, 6.07) is 12.5. The molecular formula is C22H23NO6. The first-order valence-corrected chi connectivity index (χ1v) is 9.03. The van der Waals surface area contributed by atoms with Crippen LogP contribution in [-0.2, 0) is 16.1 Å². The normalized spacial score (nSPS) is 10.6. The number of aromatic nitrogens is 1. The monoisotopic (exact) mass is 397 g/mol. The lowest BCUT2D eigenvalue weighted by molar-refractivity contribution is -0.140. The maximum Gasteiger partial charge on any atom is 0.307 e. The van der Waals surface area contributed by atoms with Gasteiger partial charge in [-0.15, -0.1) is 0 Å². The van der Waals surface area contributed by atoms with E-state index in [1.54, 1.807) is 56.2 Å². The first-order chi connectivity index (χ1) is 14.0. The molecule has 152 valence electrons. The van der Waals surface area contributed by atoms with Gasteiger partial charge in [0.2, 0.25) is 0 Å². The molecule has 0 unspecified atom stereocenters. The van der Waals surface area contributed by atoms with Gasteiger partial charge in [-0.1, -0.05) is 12.1 Å². The van der Waals surface area contributed by atoms with E-state index >= 15 is 0 Å². The van der Waals surface area contributed by atoms with Crippen molar-refractivity contribution in [1.82, 2.24) is 4.57 Å². The van der Waals surface area contributed by atoms with E-state index in [-0.39, 0.29) is 18.5 Å². The SMILES string of the molecule is COC(=O)CCn1c(=O)c(-c2ccc(OC)cc2)cc2c(OC)cc(OC)cc21. The third-order valence-corrected chi connectivity index (χ3v) is 4.77. The molecule has 0 saturated carbocycles. The van der Waals surface area contributed by atoms with Gasteiger partial charge in [-0.05, 0) is 23.8 Å². The van der Waals surface area contributed by atoms with Crippen LogP contribution < -0.4 is 19.8 Å². The predicted molar refractivity (Wildman–Crippen MR) is 110 cm³/mol. The Morgan fingerprint density at radius 1 is 0.897 bits per heavy atom. The van der Waals surface area contributed by atoms with E-state index in [0.29, 0.717) is 28.3 Å². The second-order valence-electron chi connectivity index (χ2n) is 6.33. The Balaban J connectivity index is 2.27. The van der Waals surface area contributed by atoms with Crippen molar-refractivity contribution in [3.63, 3.8) is 0 Å². The van der Waals surface area contributed by atoms with Gasteiger partial charge in [0.1, 0.15) is 17.2 Å². The Kier molecular flexibility index (Phi) is 6.07. The zero-order valence-corrected chi connectivity index (χ0v) is 16.9. The number of methoxy groups -OCH3 is 4. The Labute approximate surface area is 168 Å². The van der Waals surface area contributed by atoms with E-state index in [9.17, 15) is 9.59 Å². The molecule has 0 aliphatic carbocycles. The van der Waals surface area contributed by atoms with Crippen LogP contribution in [0.5, 0.6) is 17.2 Å². The van der Waals surface area contributed by atoms with E-state index < -0.39 is 5.97 Å². The number of esters is 1. The largest absolute Gasteiger partial charge is 0.497 e. The van der Waals surface area contributed by atoms with Crippen LogP contribution in [0.2, 0.25) is 0 Å². The first kappa shape index (κ1) is 20.3. The quantitative estimate of drug-likeness (QED) is 0.570. The van der Waals surface area contributed by atoms with Crippen LogP contribution in [0.3, 0.4) is 0 Å². The molecule has 7 nitrogen and oxygen atoms in total. The van der Waals surface area contributed by atoms with Crippen molar-refractivity contribution in [2.75, 3.05) is 28.4 Å². The number of benzene rings is 2. The van der Waals surface area contributed by atoms with E-state index in [1.807, 2.05) is 12.1 Å². The summed E-state index contributed by atoms with van der Waals surface area (Å²) >= 11 is 0. The molecule has 0 atom stereocenters. The fourth-order valence-electron chi connectivity index (χ4n) is 3.21. The summed E-state index contributed by atoms with van der Waals surface area (Å²) in [6.45, 7) is 0.169. The summed E-state index contributed by atoms with van der Waals surface area (Å²) in [5.41, 5.74) is 1.63. The molecule has 0 fully saturated rings. The van der Waals surface area contributed by atoms with Gasteiger partial charge in [-0.25, -0.2) is 0 Å². The Morgan fingerprint density at radius 3 is 2.17 bits per heavy atom. The van der Waals surface area contributed by atoms with Crippen molar-refractivity contribution in [3.05, 3.63) is 52.8 Å². The van der Waals surface area contributed by atoms with Crippen LogP contribution >= 0.6 is 0 Å². The number of carbonyl (C=O) groups excluding carboxylic acids is 1. The van der Waals surface area contributed by atoms with Gasteiger partial charge in [0.05, 0.1) is 40.4 Å². The first-order valence-electron chi connectivity index (χ1n) is 9.03. The Bertz CT molecular complexity index is 1090. The van der Waals surface area contributed by atoms with Crippen LogP contribution in [-0.4, -0.2) is 39.0 Å². The van der Waals surface area contributed by atoms with Gasteiger partial charge in [0.25, 0.3) is 5.56 Å². The van der Waals surface area contributed by atoms with Crippen molar-refractivity contribution >= 4 is 16.9 Å². The lowest BCUT2D eigenvalue weighted by Crippen LogP contribution is -2.24. The lowest BCUT2D eigenvalue weighted by atomic mass is 10.0. The predicted octanol–water partition coefficient (Wildman–Crippen LogP) is 3.26. The Morgan fingerprint density at radius 2 is 1.59 bits per heavy atom. The molecule has 0 bridgehead atoms. The van der Waals surface area contributed by atoms with Crippen molar-refractivity contribution in [3.8, 4) is 28.4 Å². The summed E-state index contributed by atoms with van der Waals surface area (Å²) in [5, 5.41) is 0.739. The molecule has 1 aromatic heterocycles.